The molecule has 0 unspecified atom stereocenters. The number of nitrogens with zero attached hydrogens (tertiary/aromatic N) is 3. The van der Waals surface area contributed by atoms with Crippen LogP contribution in [0.4, 0.5) is 5.95 Å². The zero-order chi connectivity index (χ0) is 19.8. The van der Waals surface area contributed by atoms with E-state index in [1.807, 2.05) is 26.0 Å². The lowest BCUT2D eigenvalue weighted by Crippen LogP contribution is -2.48. The van der Waals surface area contributed by atoms with E-state index >= 15 is 0 Å². The molecule has 0 aliphatic carbocycles. The largest absolute Gasteiger partial charge is 0.482 e. The Kier molecular flexibility index (Phi) is 4.35. The lowest BCUT2D eigenvalue weighted by atomic mass is 9.87. The number of aromatic nitrogens is 2. The predicted molar refractivity (Wildman–Crippen MR) is 117 cm³/mol. The van der Waals surface area contributed by atoms with Gasteiger partial charge in [-0.1, -0.05) is 42.5 Å². The SMILES string of the molecule is Cc1cc(C)nc(N2CCC3(C=Cc4cc(-c5ccccc5)ccc4O3)CC2)n1. The summed E-state index contributed by atoms with van der Waals surface area (Å²) in [6.45, 7) is 5.84. The molecule has 0 saturated carbocycles. The van der Waals surface area contributed by atoms with Gasteiger partial charge >= 0.3 is 0 Å². The lowest BCUT2D eigenvalue weighted by molar-refractivity contribution is 0.0889. The van der Waals surface area contributed by atoms with Crippen molar-refractivity contribution in [2.24, 2.45) is 0 Å². The Morgan fingerprint density at radius 1 is 0.862 bits per heavy atom. The maximum Gasteiger partial charge on any atom is 0.225 e. The third-order valence-corrected chi connectivity index (χ3v) is 5.86. The maximum atomic E-state index is 6.53. The number of hydrogen-bond acceptors (Lipinski definition) is 4. The molecule has 0 N–H and O–H groups in total. The van der Waals surface area contributed by atoms with Gasteiger partial charge in [-0.25, -0.2) is 9.97 Å². The summed E-state index contributed by atoms with van der Waals surface area (Å²) in [5, 5.41) is 0. The van der Waals surface area contributed by atoms with Crippen molar-refractivity contribution in [2.75, 3.05) is 18.0 Å². The van der Waals surface area contributed by atoms with Gasteiger partial charge in [0.25, 0.3) is 0 Å². The van der Waals surface area contributed by atoms with E-state index in [-0.39, 0.29) is 5.60 Å². The molecule has 29 heavy (non-hydrogen) atoms. The molecule has 0 amide bonds. The minimum absolute atomic E-state index is 0.226. The number of hydrogen-bond donors (Lipinski definition) is 0. The van der Waals surface area contributed by atoms with Crippen LogP contribution in [-0.2, 0) is 0 Å². The Hall–Kier alpha value is -3.14. The van der Waals surface area contributed by atoms with Crippen LogP contribution in [0, 0.1) is 13.8 Å². The number of fused-ring (bicyclic) bond motifs is 1. The second kappa shape index (κ2) is 7.03. The highest BCUT2D eigenvalue weighted by atomic mass is 16.5. The first-order valence-corrected chi connectivity index (χ1v) is 10.3. The van der Waals surface area contributed by atoms with Gasteiger partial charge in [-0.15, -0.1) is 0 Å². The molecule has 2 aliphatic rings. The standard InChI is InChI=1S/C25H25N3O/c1-18-16-19(2)27-24(26-18)28-14-12-25(13-15-28)11-10-22-17-21(8-9-23(22)29-25)20-6-4-3-5-7-20/h3-11,16-17H,12-15H2,1-2H3. The second-order valence-electron chi connectivity index (χ2n) is 8.06. The first-order valence-electron chi connectivity index (χ1n) is 10.3. The van der Waals surface area contributed by atoms with Gasteiger partial charge in [-0.3, -0.25) is 0 Å². The van der Waals surface area contributed by atoms with Gasteiger partial charge in [-0.2, -0.15) is 0 Å². The smallest absolute Gasteiger partial charge is 0.225 e. The molecule has 3 aromatic rings. The molecule has 1 spiro atoms. The van der Waals surface area contributed by atoms with Crippen LogP contribution in [0.15, 0.2) is 60.7 Å². The van der Waals surface area contributed by atoms with E-state index in [1.165, 1.54) is 11.1 Å². The highest BCUT2D eigenvalue weighted by Crippen LogP contribution is 2.39. The van der Waals surface area contributed by atoms with Crippen LogP contribution in [0.1, 0.15) is 29.8 Å². The molecule has 5 rings (SSSR count). The van der Waals surface area contributed by atoms with E-state index in [0.29, 0.717) is 0 Å². The van der Waals surface area contributed by atoms with Crippen LogP contribution in [0.25, 0.3) is 17.2 Å². The van der Waals surface area contributed by atoms with Gasteiger partial charge in [0.1, 0.15) is 11.4 Å². The maximum absolute atomic E-state index is 6.53. The minimum Gasteiger partial charge on any atom is -0.482 e. The van der Waals surface area contributed by atoms with E-state index in [4.69, 9.17) is 4.74 Å². The fourth-order valence-corrected chi connectivity index (χ4v) is 4.28. The van der Waals surface area contributed by atoms with Crippen LogP contribution < -0.4 is 9.64 Å². The average Bonchev–Trinajstić information content (AvgIpc) is 2.74. The summed E-state index contributed by atoms with van der Waals surface area (Å²) in [7, 11) is 0. The molecule has 4 heteroatoms. The van der Waals surface area contributed by atoms with E-state index in [9.17, 15) is 0 Å². The highest BCUT2D eigenvalue weighted by Gasteiger charge is 2.37. The number of piperidine rings is 1. The summed E-state index contributed by atoms with van der Waals surface area (Å²) in [5.74, 6) is 1.81. The van der Waals surface area contributed by atoms with Crippen molar-refractivity contribution in [1.29, 1.82) is 0 Å². The molecule has 1 aromatic heterocycles. The summed E-state index contributed by atoms with van der Waals surface area (Å²) in [6.07, 6.45) is 6.34. The van der Waals surface area contributed by atoms with E-state index < -0.39 is 0 Å². The second-order valence-corrected chi connectivity index (χ2v) is 8.06. The number of aryl methyl sites for hydroxylation is 2. The van der Waals surface area contributed by atoms with E-state index in [0.717, 1.165) is 54.6 Å². The van der Waals surface area contributed by atoms with Gasteiger partial charge in [-0.05, 0) is 49.2 Å². The molecule has 0 atom stereocenters. The zero-order valence-electron chi connectivity index (χ0n) is 16.9. The van der Waals surface area contributed by atoms with Crippen molar-refractivity contribution in [3.63, 3.8) is 0 Å². The molecular formula is C25H25N3O. The third-order valence-electron chi connectivity index (χ3n) is 5.86. The number of rotatable bonds is 2. The Morgan fingerprint density at radius 3 is 2.31 bits per heavy atom. The monoisotopic (exact) mass is 383 g/mol. The molecule has 1 fully saturated rings. The number of benzene rings is 2. The van der Waals surface area contributed by atoms with Crippen molar-refractivity contribution in [2.45, 2.75) is 32.3 Å². The molecule has 2 aromatic carbocycles. The summed E-state index contributed by atoms with van der Waals surface area (Å²) in [4.78, 5) is 11.5. The van der Waals surface area contributed by atoms with Gasteiger partial charge in [0, 0.05) is 42.9 Å². The topological polar surface area (TPSA) is 38.2 Å². The summed E-state index contributed by atoms with van der Waals surface area (Å²) < 4.78 is 6.53. The fraction of sp³-hybridized carbons (Fsp3) is 0.280. The zero-order valence-corrected chi connectivity index (χ0v) is 16.9. The van der Waals surface area contributed by atoms with Crippen molar-refractivity contribution >= 4 is 12.0 Å². The normalized spacial score (nSPS) is 17.1. The van der Waals surface area contributed by atoms with Crippen LogP contribution in [-0.4, -0.2) is 28.7 Å². The molecular weight excluding hydrogens is 358 g/mol. The van der Waals surface area contributed by atoms with Crippen LogP contribution in [0.5, 0.6) is 5.75 Å². The lowest BCUT2D eigenvalue weighted by Gasteiger charge is -2.42. The van der Waals surface area contributed by atoms with Crippen LogP contribution in [0.3, 0.4) is 0 Å². The Balaban J connectivity index is 1.33. The molecule has 146 valence electrons. The van der Waals surface area contributed by atoms with Crippen molar-refractivity contribution in [1.82, 2.24) is 9.97 Å². The minimum atomic E-state index is -0.226. The summed E-state index contributed by atoms with van der Waals surface area (Å²) in [6, 6.07) is 19.0. The number of anilines is 1. The molecule has 0 radical (unpaired) electrons. The van der Waals surface area contributed by atoms with Crippen LogP contribution >= 0.6 is 0 Å². The van der Waals surface area contributed by atoms with E-state index in [2.05, 4.69) is 69.5 Å². The first kappa shape index (κ1) is 17.9. The van der Waals surface area contributed by atoms with Gasteiger partial charge in [0.2, 0.25) is 5.95 Å². The van der Waals surface area contributed by atoms with Crippen molar-refractivity contribution in [3.05, 3.63) is 77.6 Å². The summed E-state index contributed by atoms with van der Waals surface area (Å²) in [5.41, 5.74) is 5.41. The Morgan fingerprint density at radius 2 is 1.59 bits per heavy atom. The molecule has 1 saturated heterocycles. The van der Waals surface area contributed by atoms with Crippen molar-refractivity contribution < 1.29 is 4.74 Å². The van der Waals surface area contributed by atoms with Crippen molar-refractivity contribution in [3.8, 4) is 16.9 Å². The predicted octanol–water partition coefficient (Wildman–Crippen LogP) is 5.21. The van der Waals surface area contributed by atoms with Crippen LogP contribution in [0.2, 0.25) is 0 Å². The molecule has 4 nitrogen and oxygen atoms in total. The van der Waals surface area contributed by atoms with Gasteiger partial charge in [0.15, 0.2) is 0 Å². The van der Waals surface area contributed by atoms with Gasteiger partial charge < -0.3 is 9.64 Å². The quantitative estimate of drug-likeness (QED) is 0.609. The molecule has 0 bridgehead atoms. The Bertz CT molecular complexity index is 1050. The molecule has 2 aliphatic heterocycles. The first-order chi connectivity index (χ1) is 14.1. The number of ether oxygens (including phenoxy) is 1. The fourth-order valence-electron chi connectivity index (χ4n) is 4.28. The summed E-state index contributed by atoms with van der Waals surface area (Å²) >= 11 is 0. The highest BCUT2D eigenvalue weighted by molar-refractivity contribution is 5.71. The molecule has 3 heterocycles. The van der Waals surface area contributed by atoms with E-state index in [1.54, 1.807) is 0 Å². The average molecular weight is 383 g/mol. The third kappa shape index (κ3) is 3.51. The Labute approximate surface area is 171 Å². The van der Waals surface area contributed by atoms with Gasteiger partial charge in [0.05, 0.1) is 0 Å².